The molecule has 1 aromatic carbocycles. The van der Waals surface area contributed by atoms with Crippen LogP contribution in [0.4, 0.5) is 6.01 Å². The Morgan fingerprint density at radius 1 is 1.12 bits per heavy atom. The molecule has 2 aromatic heterocycles. The minimum absolute atomic E-state index is 0.0393. The molecule has 0 aliphatic rings. The van der Waals surface area contributed by atoms with Gasteiger partial charge in [-0.25, -0.2) is 0 Å². The van der Waals surface area contributed by atoms with Crippen LogP contribution in [-0.4, -0.2) is 28.7 Å². The number of rotatable bonds is 8. The summed E-state index contributed by atoms with van der Waals surface area (Å²) in [6.07, 6.45) is 1.78. The molecule has 3 aromatic rings. The third kappa shape index (κ3) is 5.25. The van der Waals surface area contributed by atoms with E-state index in [1.807, 2.05) is 47.8 Å². The van der Waals surface area contributed by atoms with Gasteiger partial charge in [-0.05, 0) is 36.4 Å². The van der Waals surface area contributed by atoms with E-state index < -0.39 is 11.9 Å². The number of carbonyl (C=O) groups excluding carboxylic acids is 2. The summed E-state index contributed by atoms with van der Waals surface area (Å²) in [5.41, 5.74) is 0.748. The molecule has 0 aliphatic heterocycles. The van der Waals surface area contributed by atoms with Gasteiger partial charge < -0.3 is 9.15 Å². The Balaban J connectivity index is 1.38. The molecule has 0 atom stereocenters. The number of nitrogens with zero attached hydrogens (tertiary/aromatic N) is 2. The molecule has 7 nitrogen and oxygen atoms in total. The molecule has 0 unspecified atom stereocenters. The molecule has 0 spiro atoms. The minimum Gasteiger partial charge on any atom is -0.456 e. The molecule has 0 radical (unpaired) electrons. The molecule has 3 rings (SSSR count). The zero-order valence-corrected chi connectivity index (χ0v) is 14.7. The van der Waals surface area contributed by atoms with Crippen LogP contribution in [0.15, 0.2) is 52.3 Å². The van der Waals surface area contributed by atoms with E-state index in [-0.39, 0.29) is 19.0 Å². The second kappa shape index (κ2) is 8.91. The number of aryl methyl sites for hydroxylation is 1. The third-order valence-electron chi connectivity index (χ3n) is 3.44. The minimum atomic E-state index is -0.528. The van der Waals surface area contributed by atoms with Crippen LogP contribution in [0.3, 0.4) is 0 Å². The lowest BCUT2D eigenvalue weighted by atomic mass is 10.2. The number of ether oxygens (including phenoxy) is 1. The summed E-state index contributed by atoms with van der Waals surface area (Å²) in [7, 11) is 0. The molecule has 1 amide bonds. The quantitative estimate of drug-likeness (QED) is 0.611. The SMILES string of the molecule is O=C(COC(=O)CCCc1cccs1)Nc1nnc(-c2ccccc2)o1. The third-order valence-corrected chi connectivity index (χ3v) is 4.38. The van der Waals surface area contributed by atoms with Crippen molar-refractivity contribution in [1.29, 1.82) is 0 Å². The van der Waals surface area contributed by atoms with Crippen molar-refractivity contribution in [3.63, 3.8) is 0 Å². The largest absolute Gasteiger partial charge is 0.456 e. The van der Waals surface area contributed by atoms with Gasteiger partial charge in [-0.2, -0.15) is 0 Å². The van der Waals surface area contributed by atoms with Crippen molar-refractivity contribution >= 4 is 29.2 Å². The molecule has 134 valence electrons. The van der Waals surface area contributed by atoms with Crippen LogP contribution in [0, 0.1) is 0 Å². The molecule has 2 heterocycles. The number of hydrogen-bond donors (Lipinski definition) is 1. The highest BCUT2D eigenvalue weighted by Crippen LogP contribution is 2.19. The van der Waals surface area contributed by atoms with Gasteiger partial charge in [0.1, 0.15) is 0 Å². The Bertz CT molecular complexity index is 846. The first kappa shape index (κ1) is 17.8. The van der Waals surface area contributed by atoms with Gasteiger partial charge in [-0.1, -0.05) is 29.4 Å². The fourth-order valence-electron chi connectivity index (χ4n) is 2.21. The maximum atomic E-state index is 11.8. The summed E-state index contributed by atoms with van der Waals surface area (Å²) in [6.45, 7) is -0.388. The van der Waals surface area contributed by atoms with Gasteiger partial charge in [0, 0.05) is 16.9 Å². The number of thiophene rings is 1. The van der Waals surface area contributed by atoms with Crippen LogP contribution in [-0.2, 0) is 20.7 Å². The Morgan fingerprint density at radius 3 is 2.73 bits per heavy atom. The molecular weight excluding hydrogens is 354 g/mol. The molecule has 8 heteroatoms. The Hall–Kier alpha value is -3.00. The van der Waals surface area contributed by atoms with E-state index in [0.717, 1.165) is 12.0 Å². The highest BCUT2D eigenvalue weighted by atomic mass is 32.1. The molecular formula is C18H17N3O4S. The average molecular weight is 371 g/mol. The van der Waals surface area contributed by atoms with Gasteiger partial charge in [0.15, 0.2) is 6.61 Å². The number of anilines is 1. The highest BCUT2D eigenvalue weighted by Gasteiger charge is 2.13. The molecule has 1 N–H and O–H groups in total. The van der Waals surface area contributed by atoms with E-state index in [1.165, 1.54) is 4.88 Å². The second-order valence-electron chi connectivity index (χ2n) is 5.42. The molecule has 26 heavy (non-hydrogen) atoms. The van der Waals surface area contributed by atoms with Crippen LogP contribution < -0.4 is 5.32 Å². The van der Waals surface area contributed by atoms with Gasteiger partial charge in [-0.15, -0.1) is 16.4 Å². The van der Waals surface area contributed by atoms with Crippen LogP contribution in [0.5, 0.6) is 0 Å². The summed E-state index contributed by atoms with van der Waals surface area (Å²) >= 11 is 1.65. The van der Waals surface area contributed by atoms with Gasteiger partial charge >= 0.3 is 12.0 Å². The van der Waals surface area contributed by atoms with Crippen molar-refractivity contribution in [2.75, 3.05) is 11.9 Å². The fourth-order valence-corrected chi connectivity index (χ4v) is 2.96. The van der Waals surface area contributed by atoms with Crippen molar-refractivity contribution in [2.45, 2.75) is 19.3 Å². The lowest BCUT2D eigenvalue weighted by molar-refractivity contribution is -0.147. The maximum Gasteiger partial charge on any atom is 0.322 e. The van der Waals surface area contributed by atoms with E-state index in [0.29, 0.717) is 12.3 Å². The fraction of sp³-hybridized carbons (Fsp3) is 0.222. The summed E-state index contributed by atoms with van der Waals surface area (Å²) in [5, 5.41) is 12.0. The predicted octanol–water partition coefficient (Wildman–Crippen LogP) is 3.30. The van der Waals surface area contributed by atoms with Gasteiger partial charge in [0.2, 0.25) is 5.89 Å². The molecule has 0 fully saturated rings. The molecule has 0 aliphatic carbocycles. The monoisotopic (exact) mass is 371 g/mol. The standard InChI is InChI=1S/C18H17N3O4S/c22-15(12-24-16(23)10-4-8-14-9-5-11-26-14)19-18-21-20-17(25-18)13-6-2-1-3-7-13/h1-3,5-7,9,11H,4,8,10,12H2,(H,19,21,22). The van der Waals surface area contributed by atoms with E-state index in [9.17, 15) is 9.59 Å². The predicted molar refractivity (Wildman–Crippen MR) is 96.6 cm³/mol. The smallest absolute Gasteiger partial charge is 0.322 e. The van der Waals surface area contributed by atoms with Crippen molar-refractivity contribution < 1.29 is 18.7 Å². The van der Waals surface area contributed by atoms with Crippen molar-refractivity contribution in [3.8, 4) is 11.5 Å². The Labute approximate surface area is 154 Å². The number of benzene rings is 1. The van der Waals surface area contributed by atoms with Crippen molar-refractivity contribution in [2.24, 2.45) is 0 Å². The van der Waals surface area contributed by atoms with Crippen molar-refractivity contribution in [3.05, 3.63) is 52.7 Å². The number of hydrogen-bond acceptors (Lipinski definition) is 7. The number of amides is 1. The summed E-state index contributed by atoms with van der Waals surface area (Å²) in [4.78, 5) is 24.7. The van der Waals surface area contributed by atoms with E-state index >= 15 is 0 Å². The second-order valence-corrected chi connectivity index (χ2v) is 6.45. The lowest BCUT2D eigenvalue weighted by Crippen LogP contribution is -2.21. The highest BCUT2D eigenvalue weighted by molar-refractivity contribution is 7.09. The summed E-state index contributed by atoms with van der Waals surface area (Å²) < 4.78 is 10.3. The van der Waals surface area contributed by atoms with E-state index in [1.54, 1.807) is 11.3 Å². The van der Waals surface area contributed by atoms with Crippen LogP contribution in [0.2, 0.25) is 0 Å². The maximum absolute atomic E-state index is 11.8. The molecule has 0 bridgehead atoms. The first-order valence-corrected chi connectivity index (χ1v) is 8.95. The molecule has 0 saturated carbocycles. The number of nitrogens with one attached hydrogen (secondary N) is 1. The Kier molecular flexibility index (Phi) is 6.10. The van der Waals surface area contributed by atoms with E-state index in [4.69, 9.17) is 9.15 Å². The summed E-state index contributed by atoms with van der Waals surface area (Å²) in [5.74, 6) is -0.640. The average Bonchev–Trinajstić information content (AvgIpc) is 3.33. The number of carbonyl (C=O) groups is 2. The Morgan fingerprint density at radius 2 is 1.96 bits per heavy atom. The van der Waals surface area contributed by atoms with Crippen LogP contribution >= 0.6 is 11.3 Å². The van der Waals surface area contributed by atoms with Gasteiger partial charge in [0.25, 0.3) is 5.91 Å². The van der Waals surface area contributed by atoms with E-state index in [2.05, 4.69) is 15.5 Å². The van der Waals surface area contributed by atoms with Crippen LogP contribution in [0.1, 0.15) is 17.7 Å². The summed E-state index contributed by atoms with van der Waals surface area (Å²) in [6, 6.07) is 13.2. The van der Waals surface area contributed by atoms with Crippen LogP contribution in [0.25, 0.3) is 11.5 Å². The number of aromatic nitrogens is 2. The normalized spacial score (nSPS) is 10.5. The lowest BCUT2D eigenvalue weighted by Gasteiger charge is -2.03. The van der Waals surface area contributed by atoms with Gasteiger partial charge in [-0.3, -0.25) is 14.9 Å². The topological polar surface area (TPSA) is 94.3 Å². The van der Waals surface area contributed by atoms with Gasteiger partial charge in [0.05, 0.1) is 0 Å². The van der Waals surface area contributed by atoms with Crippen molar-refractivity contribution in [1.82, 2.24) is 10.2 Å². The number of esters is 1. The first-order valence-electron chi connectivity index (χ1n) is 8.07. The molecule has 0 saturated heterocycles. The zero-order valence-electron chi connectivity index (χ0n) is 13.9. The zero-order chi connectivity index (χ0) is 18.2. The first-order chi connectivity index (χ1) is 12.7.